The maximum Gasteiger partial charge on any atom is 0.341 e. The first-order chi connectivity index (χ1) is 14.9. The number of ether oxygens (including phenoxy) is 1. The molecule has 1 saturated heterocycles. The fourth-order valence-corrected chi connectivity index (χ4v) is 4.83. The number of carboxylic acid groups (broad SMARTS) is 1. The standard InChI is InChI=1S/C22H27FN2O6/c1-31-21-18-15(20(28)16(22(29)30)11-25(18)14-2-3-14)8-17(23)19(21)24-9-12(4-6-26)13(10-24)5-7-27/h8,11-14,26-27H,2-7,9-10H2,1H3,(H,29,30)/t12-,13+. The summed E-state index contributed by atoms with van der Waals surface area (Å²) >= 11 is 0. The molecule has 168 valence electrons. The highest BCUT2D eigenvalue weighted by Gasteiger charge is 2.36. The molecule has 2 aromatic rings. The van der Waals surface area contributed by atoms with Crippen molar-refractivity contribution in [1.82, 2.24) is 4.57 Å². The van der Waals surface area contributed by atoms with Crippen LogP contribution in [0.5, 0.6) is 5.75 Å². The minimum Gasteiger partial charge on any atom is -0.492 e. The average molecular weight is 434 g/mol. The second-order valence-corrected chi connectivity index (χ2v) is 8.40. The third kappa shape index (κ3) is 3.76. The van der Waals surface area contributed by atoms with Crippen molar-refractivity contribution in [3.63, 3.8) is 0 Å². The van der Waals surface area contributed by atoms with E-state index in [0.29, 0.717) is 31.4 Å². The van der Waals surface area contributed by atoms with Crippen LogP contribution in [0, 0.1) is 17.7 Å². The number of methoxy groups -OCH3 is 1. The van der Waals surface area contributed by atoms with E-state index in [-0.39, 0.29) is 53.5 Å². The molecule has 0 amide bonds. The van der Waals surface area contributed by atoms with Gasteiger partial charge in [0.2, 0.25) is 5.43 Å². The smallest absolute Gasteiger partial charge is 0.341 e. The maximum atomic E-state index is 15.4. The number of fused-ring (bicyclic) bond motifs is 1. The predicted molar refractivity (Wildman–Crippen MR) is 113 cm³/mol. The van der Waals surface area contributed by atoms with Gasteiger partial charge in [-0.05, 0) is 43.6 Å². The Morgan fingerprint density at radius 1 is 1.19 bits per heavy atom. The zero-order chi connectivity index (χ0) is 22.3. The van der Waals surface area contributed by atoms with Crippen LogP contribution < -0.4 is 15.1 Å². The molecule has 1 aliphatic heterocycles. The quantitative estimate of drug-likeness (QED) is 0.583. The minimum absolute atomic E-state index is 0.0109. The Kier molecular flexibility index (Phi) is 5.90. The Labute approximate surface area is 178 Å². The zero-order valence-corrected chi connectivity index (χ0v) is 17.4. The molecule has 0 bridgehead atoms. The van der Waals surface area contributed by atoms with E-state index in [4.69, 9.17) is 4.74 Å². The first-order valence-electron chi connectivity index (χ1n) is 10.6. The van der Waals surface area contributed by atoms with Gasteiger partial charge in [0, 0.05) is 38.5 Å². The summed E-state index contributed by atoms with van der Waals surface area (Å²) in [7, 11) is 1.41. The number of hydrogen-bond donors (Lipinski definition) is 3. The molecule has 0 radical (unpaired) electrons. The molecule has 8 nitrogen and oxygen atoms in total. The number of aliphatic hydroxyl groups is 2. The Hall–Kier alpha value is -2.65. The van der Waals surface area contributed by atoms with Crippen LogP contribution in [0.2, 0.25) is 0 Å². The summed E-state index contributed by atoms with van der Waals surface area (Å²) in [5.41, 5.74) is -0.488. The number of carboxylic acids is 1. The number of aliphatic hydroxyl groups excluding tert-OH is 2. The van der Waals surface area contributed by atoms with Gasteiger partial charge in [-0.3, -0.25) is 4.79 Å². The van der Waals surface area contributed by atoms with Crippen LogP contribution in [0.15, 0.2) is 17.1 Å². The van der Waals surface area contributed by atoms with Gasteiger partial charge in [-0.1, -0.05) is 0 Å². The van der Waals surface area contributed by atoms with Crippen molar-refractivity contribution in [3.8, 4) is 5.75 Å². The highest BCUT2D eigenvalue weighted by atomic mass is 19.1. The summed E-state index contributed by atoms with van der Waals surface area (Å²) in [6.45, 7) is 1.00. The number of benzene rings is 1. The highest BCUT2D eigenvalue weighted by molar-refractivity contribution is 5.97. The zero-order valence-electron chi connectivity index (χ0n) is 17.4. The summed E-state index contributed by atoms with van der Waals surface area (Å²) < 4.78 is 22.7. The third-order valence-corrected chi connectivity index (χ3v) is 6.47. The number of aromatic carboxylic acids is 1. The molecule has 2 atom stereocenters. The Morgan fingerprint density at radius 3 is 2.29 bits per heavy atom. The van der Waals surface area contributed by atoms with Crippen molar-refractivity contribution in [3.05, 3.63) is 33.9 Å². The lowest BCUT2D eigenvalue weighted by atomic mass is 9.91. The fourth-order valence-electron chi connectivity index (χ4n) is 4.83. The maximum absolute atomic E-state index is 15.4. The van der Waals surface area contributed by atoms with Crippen molar-refractivity contribution >= 4 is 22.6 Å². The Morgan fingerprint density at radius 2 is 1.81 bits per heavy atom. The number of halogens is 1. The Bertz CT molecular complexity index is 1050. The molecule has 0 unspecified atom stereocenters. The summed E-state index contributed by atoms with van der Waals surface area (Å²) in [6, 6.07) is 1.15. The van der Waals surface area contributed by atoms with Crippen LogP contribution in [0.1, 0.15) is 42.1 Å². The largest absolute Gasteiger partial charge is 0.492 e. The lowest BCUT2D eigenvalue weighted by molar-refractivity contribution is 0.0694. The number of nitrogens with zero attached hydrogens (tertiary/aromatic N) is 2. The molecule has 3 N–H and O–H groups in total. The molecular formula is C22H27FN2O6. The van der Waals surface area contributed by atoms with E-state index in [9.17, 15) is 24.9 Å². The molecule has 1 aromatic carbocycles. The molecule has 1 aromatic heterocycles. The van der Waals surface area contributed by atoms with E-state index in [0.717, 1.165) is 18.9 Å². The van der Waals surface area contributed by atoms with E-state index in [1.807, 2.05) is 4.90 Å². The summed E-state index contributed by atoms with van der Waals surface area (Å²) in [5.74, 6) is -1.60. The fraction of sp³-hybridized carbons (Fsp3) is 0.545. The molecule has 0 spiro atoms. The van der Waals surface area contributed by atoms with Gasteiger partial charge in [-0.25, -0.2) is 9.18 Å². The van der Waals surface area contributed by atoms with Crippen molar-refractivity contribution in [2.24, 2.45) is 11.8 Å². The van der Waals surface area contributed by atoms with Gasteiger partial charge in [0.15, 0.2) is 11.6 Å². The van der Waals surface area contributed by atoms with E-state index in [2.05, 4.69) is 0 Å². The molecule has 1 aliphatic carbocycles. The molecule has 1 saturated carbocycles. The summed E-state index contributed by atoms with van der Waals surface area (Å²) in [4.78, 5) is 26.2. The van der Waals surface area contributed by atoms with Gasteiger partial charge in [-0.2, -0.15) is 0 Å². The van der Waals surface area contributed by atoms with Crippen LogP contribution in [0.3, 0.4) is 0 Å². The Balaban J connectivity index is 1.90. The van der Waals surface area contributed by atoms with Crippen molar-refractivity contribution in [2.75, 3.05) is 38.3 Å². The van der Waals surface area contributed by atoms with Gasteiger partial charge in [-0.15, -0.1) is 0 Å². The van der Waals surface area contributed by atoms with Crippen molar-refractivity contribution < 1.29 is 29.2 Å². The van der Waals surface area contributed by atoms with Crippen LogP contribution in [-0.4, -0.2) is 59.3 Å². The first kappa shape index (κ1) is 21.6. The summed E-state index contributed by atoms with van der Waals surface area (Å²) in [6.07, 6.45) is 4.12. The van der Waals surface area contributed by atoms with Gasteiger partial charge >= 0.3 is 5.97 Å². The first-order valence-corrected chi connectivity index (χ1v) is 10.6. The molecule has 2 fully saturated rings. The molecule has 4 rings (SSSR count). The third-order valence-electron chi connectivity index (χ3n) is 6.47. The lowest BCUT2D eigenvalue weighted by Gasteiger charge is -2.25. The van der Waals surface area contributed by atoms with E-state index in [1.54, 1.807) is 4.57 Å². The number of rotatable bonds is 8. The molecular weight excluding hydrogens is 407 g/mol. The summed E-state index contributed by atoms with van der Waals surface area (Å²) in [5, 5.41) is 28.2. The second-order valence-electron chi connectivity index (χ2n) is 8.40. The van der Waals surface area contributed by atoms with E-state index >= 15 is 4.39 Å². The van der Waals surface area contributed by atoms with E-state index in [1.165, 1.54) is 13.3 Å². The van der Waals surface area contributed by atoms with Crippen LogP contribution >= 0.6 is 0 Å². The monoisotopic (exact) mass is 434 g/mol. The van der Waals surface area contributed by atoms with Crippen molar-refractivity contribution in [2.45, 2.75) is 31.7 Å². The number of pyridine rings is 1. The van der Waals surface area contributed by atoms with E-state index < -0.39 is 17.2 Å². The highest BCUT2D eigenvalue weighted by Crippen LogP contribution is 2.45. The van der Waals surface area contributed by atoms with Gasteiger partial charge < -0.3 is 29.5 Å². The number of aromatic nitrogens is 1. The topological polar surface area (TPSA) is 112 Å². The SMILES string of the molecule is COc1c(N2C[C@@H](CCO)[C@@H](CCO)C2)c(F)cc2c(=O)c(C(=O)O)cn(C3CC3)c12. The van der Waals surface area contributed by atoms with Crippen molar-refractivity contribution in [1.29, 1.82) is 0 Å². The van der Waals surface area contributed by atoms with Gasteiger partial charge in [0.1, 0.15) is 11.3 Å². The molecule has 31 heavy (non-hydrogen) atoms. The average Bonchev–Trinajstić information content (AvgIpc) is 3.50. The number of carbonyl (C=O) groups is 1. The molecule has 2 heterocycles. The second kappa shape index (κ2) is 8.47. The molecule has 9 heteroatoms. The van der Waals surface area contributed by atoms with Crippen LogP contribution in [-0.2, 0) is 0 Å². The molecule has 2 aliphatic rings. The number of anilines is 1. The predicted octanol–water partition coefficient (Wildman–Crippen LogP) is 2.00. The normalized spacial score (nSPS) is 21.1. The van der Waals surface area contributed by atoms with Crippen LogP contribution in [0.4, 0.5) is 10.1 Å². The number of hydrogen-bond acceptors (Lipinski definition) is 6. The van der Waals surface area contributed by atoms with Gasteiger partial charge in [0.05, 0.1) is 18.0 Å². The van der Waals surface area contributed by atoms with Gasteiger partial charge in [0.25, 0.3) is 0 Å². The lowest BCUT2D eigenvalue weighted by Crippen LogP contribution is -2.24. The minimum atomic E-state index is -1.34. The van der Waals surface area contributed by atoms with Crippen LogP contribution in [0.25, 0.3) is 10.9 Å².